The summed E-state index contributed by atoms with van der Waals surface area (Å²) < 4.78 is 4.50. The molecule has 1 aliphatic rings. The zero-order valence-electron chi connectivity index (χ0n) is 31.1. The van der Waals surface area contributed by atoms with Gasteiger partial charge in [0.05, 0.1) is 24.9 Å². The molecule has 1 fully saturated rings. The van der Waals surface area contributed by atoms with Crippen LogP contribution in [0.25, 0.3) is 0 Å². The largest absolute Gasteiger partial charge is 0.506 e. The standard InChI is InChI=1S/C38H50N6O10S/c1-3-28(4-2)55-30-20-35(49)44(37(30)51)18-10-6-9-13-31(45)39-21-32(46)40-22-34(48)43-29(19-25-11-7-5-8-12-25)36(50)41-23-33(47)42-27-16-14-26(15-17-27)24-54-38(52)53/h5,7-8,11-12,14-17,28-30H,3-4,6,9-10,13,18-24H2,1-2H3,(H,39,45)(H,40,46)(H,41,50)(H,42,47)(H,43,48)(H,52,53). The Kier molecular flexibility index (Phi) is 18.7. The second-order valence-electron chi connectivity index (χ2n) is 12.8. The number of unbranched alkanes of at least 4 members (excludes halogenated alkanes) is 2. The van der Waals surface area contributed by atoms with Crippen LogP contribution in [0.1, 0.15) is 69.9 Å². The third kappa shape index (κ3) is 16.2. The third-order valence-electron chi connectivity index (χ3n) is 8.61. The zero-order valence-corrected chi connectivity index (χ0v) is 31.9. The molecule has 0 aromatic heterocycles. The van der Waals surface area contributed by atoms with Crippen molar-refractivity contribution in [2.24, 2.45) is 0 Å². The molecule has 7 amide bonds. The first kappa shape index (κ1) is 44.0. The smallest absolute Gasteiger partial charge is 0.450 e. The van der Waals surface area contributed by atoms with Gasteiger partial charge in [0.25, 0.3) is 0 Å². The number of likely N-dealkylation sites (tertiary alicyclic amines) is 1. The van der Waals surface area contributed by atoms with E-state index in [9.17, 15) is 38.4 Å². The van der Waals surface area contributed by atoms with E-state index >= 15 is 0 Å². The van der Waals surface area contributed by atoms with Gasteiger partial charge in [0.15, 0.2) is 0 Å². The molecule has 2 aromatic rings. The minimum atomic E-state index is -1.41. The Balaban J connectivity index is 1.35. The lowest BCUT2D eigenvalue weighted by molar-refractivity contribution is -0.138. The number of carbonyl (C=O) groups excluding carboxylic acids is 7. The molecule has 2 aromatic carbocycles. The fraction of sp³-hybridized carbons (Fsp3) is 0.474. The van der Waals surface area contributed by atoms with Gasteiger partial charge in [0.1, 0.15) is 12.6 Å². The molecule has 6 N–H and O–H groups in total. The molecule has 2 unspecified atom stereocenters. The highest BCUT2D eigenvalue weighted by Crippen LogP contribution is 2.31. The molecular weight excluding hydrogens is 733 g/mol. The molecule has 1 aliphatic heterocycles. The summed E-state index contributed by atoms with van der Waals surface area (Å²) in [5.41, 5.74) is 1.72. The highest BCUT2D eigenvalue weighted by Gasteiger charge is 2.39. The van der Waals surface area contributed by atoms with Crippen molar-refractivity contribution in [3.8, 4) is 0 Å². The van der Waals surface area contributed by atoms with Gasteiger partial charge in [-0.3, -0.25) is 38.5 Å². The van der Waals surface area contributed by atoms with Gasteiger partial charge in [-0.15, -0.1) is 11.8 Å². The molecule has 2 atom stereocenters. The first-order valence-corrected chi connectivity index (χ1v) is 19.2. The average Bonchev–Trinajstić information content (AvgIpc) is 3.44. The van der Waals surface area contributed by atoms with E-state index in [-0.39, 0.29) is 55.4 Å². The Morgan fingerprint density at radius 1 is 0.800 bits per heavy atom. The molecule has 0 radical (unpaired) electrons. The SMILES string of the molecule is CCC(CC)SC1CC(=O)N(CCCCCC(=O)NCC(=O)NCC(=O)NC(Cc2ccccc2)C(=O)NCC(=O)Nc2ccc(COC(=O)O)cc2)C1=O. The fourth-order valence-corrected chi connectivity index (χ4v) is 6.91. The predicted molar refractivity (Wildman–Crippen MR) is 205 cm³/mol. The number of rotatable bonds is 23. The molecule has 0 spiro atoms. The van der Waals surface area contributed by atoms with Crippen LogP contribution in [0.5, 0.6) is 0 Å². The van der Waals surface area contributed by atoms with Crippen LogP contribution in [0.3, 0.4) is 0 Å². The van der Waals surface area contributed by atoms with Crippen molar-refractivity contribution in [2.75, 3.05) is 31.5 Å². The number of hydrogen-bond donors (Lipinski definition) is 6. The summed E-state index contributed by atoms with van der Waals surface area (Å²) in [6.45, 7) is 3.08. The Morgan fingerprint density at radius 2 is 1.45 bits per heavy atom. The topological polar surface area (TPSA) is 229 Å². The maximum Gasteiger partial charge on any atom is 0.506 e. The van der Waals surface area contributed by atoms with Crippen LogP contribution in [-0.2, 0) is 51.3 Å². The van der Waals surface area contributed by atoms with E-state index < -0.39 is 48.9 Å². The zero-order chi connectivity index (χ0) is 40.2. The van der Waals surface area contributed by atoms with E-state index in [0.717, 1.165) is 18.4 Å². The number of nitrogens with zero attached hydrogens (tertiary/aromatic N) is 1. The molecule has 0 saturated carbocycles. The van der Waals surface area contributed by atoms with Gasteiger partial charge in [0.2, 0.25) is 41.4 Å². The van der Waals surface area contributed by atoms with Crippen molar-refractivity contribution in [2.45, 2.75) is 88.4 Å². The van der Waals surface area contributed by atoms with E-state index in [4.69, 9.17) is 5.11 Å². The second kappa shape index (κ2) is 23.4. The maximum absolute atomic E-state index is 13.1. The summed E-state index contributed by atoms with van der Waals surface area (Å²) in [7, 11) is 0. The molecule has 0 aliphatic carbocycles. The monoisotopic (exact) mass is 782 g/mol. The molecule has 3 rings (SSSR count). The number of carbonyl (C=O) groups is 8. The second-order valence-corrected chi connectivity index (χ2v) is 14.4. The molecule has 55 heavy (non-hydrogen) atoms. The van der Waals surface area contributed by atoms with Crippen molar-refractivity contribution in [3.63, 3.8) is 0 Å². The van der Waals surface area contributed by atoms with Gasteiger partial charge in [-0.2, -0.15) is 0 Å². The van der Waals surface area contributed by atoms with Gasteiger partial charge in [0, 0.05) is 36.7 Å². The number of hydrogen-bond acceptors (Lipinski definition) is 10. The highest BCUT2D eigenvalue weighted by molar-refractivity contribution is 8.01. The number of anilines is 1. The summed E-state index contributed by atoms with van der Waals surface area (Å²) in [6.07, 6.45) is 2.64. The Hall–Kier alpha value is -5.45. The number of carboxylic acid groups (broad SMARTS) is 1. The molecule has 16 nitrogen and oxygen atoms in total. The van der Waals surface area contributed by atoms with Crippen molar-refractivity contribution in [1.82, 2.24) is 26.2 Å². The summed E-state index contributed by atoms with van der Waals surface area (Å²) in [5.74, 6) is -3.11. The first-order chi connectivity index (χ1) is 26.4. The summed E-state index contributed by atoms with van der Waals surface area (Å²) in [6, 6.07) is 14.1. The van der Waals surface area contributed by atoms with Gasteiger partial charge in [-0.25, -0.2) is 4.79 Å². The van der Waals surface area contributed by atoms with Crippen molar-refractivity contribution >= 4 is 65.0 Å². The van der Waals surface area contributed by atoms with Gasteiger partial charge >= 0.3 is 6.16 Å². The number of benzene rings is 2. The van der Waals surface area contributed by atoms with Gasteiger partial charge in [-0.05, 0) is 48.9 Å². The lowest BCUT2D eigenvalue weighted by atomic mass is 10.1. The average molecular weight is 783 g/mol. The van der Waals surface area contributed by atoms with E-state index in [1.54, 1.807) is 66.4 Å². The van der Waals surface area contributed by atoms with Crippen LogP contribution in [0.4, 0.5) is 10.5 Å². The van der Waals surface area contributed by atoms with E-state index in [0.29, 0.717) is 42.3 Å². The molecule has 1 saturated heterocycles. The van der Waals surface area contributed by atoms with Gasteiger partial charge < -0.3 is 36.4 Å². The Labute approximate surface area is 324 Å². The van der Waals surface area contributed by atoms with Crippen LogP contribution >= 0.6 is 11.8 Å². The maximum atomic E-state index is 13.1. The number of amides is 7. The Morgan fingerprint density at radius 3 is 2.13 bits per heavy atom. The normalized spacial score (nSPS) is 14.2. The van der Waals surface area contributed by atoms with Crippen LogP contribution in [0, 0.1) is 0 Å². The minimum Gasteiger partial charge on any atom is -0.450 e. The molecule has 0 bridgehead atoms. The number of nitrogens with one attached hydrogen (secondary N) is 5. The first-order valence-electron chi connectivity index (χ1n) is 18.3. The summed E-state index contributed by atoms with van der Waals surface area (Å²) in [4.78, 5) is 99.9. The Bertz CT molecular complexity index is 1640. The molecule has 298 valence electrons. The van der Waals surface area contributed by atoms with E-state index in [1.165, 1.54) is 4.90 Å². The lowest BCUT2D eigenvalue weighted by Crippen LogP contribution is -2.52. The van der Waals surface area contributed by atoms with Crippen molar-refractivity contribution < 1.29 is 48.2 Å². The predicted octanol–water partition coefficient (Wildman–Crippen LogP) is 2.51. The molecular formula is C38H50N6O10S. The summed E-state index contributed by atoms with van der Waals surface area (Å²) in [5, 5.41) is 21.2. The lowest BCUT2D eigenvalue weighted by Gasteiger charge is -2.19. The fourth-order valence-electron chi connectivity index (χ4n) is 5.58. The van der Waals surface area contributed by atoms with Crippen LogP contribution in [0.15, 0.2) is 54.6 Å². The third-order valence-corrected chi connectivity index (χ3v) is 10.4. The minimum absolute atomic E-state index is 0.104. The van der Waals surface area contributed by atoms with Crippen LogP contribution < -0.4 is 26.6 Å². The number of thioether (sulfide) groups is 1. The van der Waals surface area contributed by atoms with Crippen molar-refractivity contribution in [1.29, 1.82) is 0 Å². The molecule has 17 heteroatoms. The quantitative estimate of drug-likeness (QED) is 0.0545. The number of imide groups is 1. The van der Waals surface area contributed by atoms with Crippen molar-refractivity contribution in [3.05, 3.63) is 65.7 Å². The van der Waals surface area contributed by atoms with Crippen LogP contribution in [-0.4, -0.2) is 100 Å². The van der Waals surface area contributed by atoms with Gasteiger partial charge in [-0.1, -0.05) is 62.7 Å². The highest BCUT2D eigenvalue weighted by atomic mass is 32.2. The van der Waals surface area contributed by atoms with E-state index in [1.807, 2.05) is 0 Å². The molecule has 1 heterocycles. The summed E-state index contributed by atoms with van der Waals surface area (Å²) >= 11 is 1.58. The van der Waals surface area contributed by atoms with E-state index in [2.05, 4.69) is 45.2 Å². The van der Waals surface area contributed by atoms with Crippen LogP contribution in [0.2, 0.25) is 0 Å². The number of ether oxygens (including phenoxy) is 1.